The zero-order valence-electron chi connectivity index (χ0n) is 12.5. The molecule has 0 aromatic carbocycles. The van der Waals surface area contributed by atoms with Crippen LogP contribution in [0.3, 0.4) is 0 Å². The molecule has 9 heteroatoms. The third-order valence-electron chi connectivity index (χ3n) is 2.16. The summed E-state index contributed by atoms with van der Waals surface area (Å²) >= 11 is 0. The number of aliphatic hydroxyl groups is 3. The summed E-state index contributed by atoms with van der Waals surface area (Å²) in [6, 6.07) is 0. The van der Waals surface area contributed by atoms with E-state index in [4.69, 9.17) is 35.0 Å². The molecule has 0 aliphatic rings. The summed E-state index contributed by atoms with van der Waals surface area (Å²) in [6.07, 6.45) is 0.201. The Morgan fingerprint density at radius 3 is 1.77 bits per heavy atom. The van der Waals surface area contributed by atoms with Crippen LogP contribution in [0.1, 0.15) is 25.7 Å². The fraction of sp³-hybridized carbons (Fsp3) is 0.846. The molecule has 9 nitrogen and oxygen atoms in total. The predicted molar refractivity (Wildman–Crippen MR) is 75.6 cm³/mol. The lowest BCUT2D eigenvalue weighted by Crippen LogP contribution is -2.20. The minimum Gasteiger partial charge on any atom is -0.481 e. The van der Waals surface area contributed by atoms with Crippen LogP contribution in [-0.2, 0) is 19.1 Å². The van der Waals surface area contributed by atoms with E-state index in [0.717, 1.165) is 0 Å². The van der Waals surface area contributed by atoms with E-state index in [1.165, 1.54) is 0 Å². The summed E-state index contributed by atoms with van der Waals surface area (Å²) in [6.45, 7) is 0.859. The second-order valence-corrected chi connectivity index (χ2v) is 4.24. The summed E-state index contributed by atoms with van der Waals surface area (Å²) in [4.78, 5) is 19.8. The van der Waals surface area contributed by atoms with Gasteiger partial charge in [0.05, 0.1) is 39.6 Å². The lowest BCUT2D eigenvalue weighted by atomic mass is 10.2. The van der Waals surface area contributed by atoms with Gasteiger partial charge in [-0.05, 0) is 12.8 Å². The van der Waals surface area contributed by atoms with Crippen molar-refractivity contribution in [2.75, 3.05) is 39.6 Å². The van der Waals surface area contributed by atoms with Crippen LogP contribution in [0.2, 0.25) is 0 Å². The molecular formula is C13H26O9. The summed E-state index contributed by atoms with van der Waals surface area (Å²) in [7, 11) is 0. The highest BCUT2D eigenvalue weighted by Crippen LogP contribution is 1.98. The molecule has 0 aromatic heterocycles. The lowest BCUT2D eigenvalue weighted by molar-refractivity contribution is -0.139. The van der Waals surface area contributed by atoms with E-state index < -0.39 is 18.0 Å². The maximum absolute atomic E-state index is 9.90. The number of carboxylic acids is 2. The van der Waals surface area contributed by atoms with E-state index in [1.807, 2.05) is 0 Å². The van der Waals surface area contributed by atoms with Crippen molar-refractivity contribution in [3.05, 3.63) is 0 Å². The molecule has 22 heavy (non-hydrogen) atoms. The highest BCUT2D eigenvalue weighted by molar-refractivity contribution is 5.67. The van der Waals surface area contributed by atoms with Gasteiger partial charge in [-0.1, -0.05) is 0 Å². The van der Waals surface area contributed by atoms with Crippen LogP contribution >= 0.6 is 0 Å². The zero-order chi connectivity index (χ0) is 17.2. The molecular weight excluding hydrogens is 300 g/mol. The monoisotopic (exact) mass is 326 g/mol. The van der Waals surface area contributed by atoms with Gasteiger partial charge in [0.15, 0.2) is 0 Å². The van der Waals surface area contributed by atoms with Crippen LogP contribution in [0.25, 0.3) is 0 Å². The van der Waals surface area contributed by atoms with Gasteiger partial charge in [0, 0.05) is 12.8 Å². The minimum atomic E-state index is -0.870. The molecule has 0 saturated carbocycles. The molecule has 0 aliphatic heterocycles. The lowest BCUT2D eigenvalue weighted by Gasteiger charge is -2.07. The van der Waals surface area contributed by atoms with Gasteiger partial charge < -0.3 is 35.0 Å². The van der Waals surface area contributed by atoms with E-state index >= 15 is 0 Å². The third-order valence-corrected chi connectivity index (χ3v) is 2.16. The smallest absolute Gasteiger partial charge is 0.303 e. The van der Waals surface area contributed by atoms with Crippen LogP contribution < -0.4 is 0 Å². The number of unbranched alkanes of at least 4 members (excludes halogenated alkanes) is 1. The predicted octanol–water partition coefficient (Wildman–Crippen LogP) is -0.919. The number of hydrogen-bond acceptors (Lipinski definition) is 7. The van der Waals surface area contributed by atoms with Crippen molar-refractivity contribution in [1.29, 1.82) is 0 Å². The van der Waals surface area contributed by atoms with Gasteiger partial charge in [-0.25, -0.2) is 0 Å². The van der Waals surface area contributed by atoms with Gasteiger partial charge in [-0.3, -0.25) is 9.59 Å². The standard InChI is InChI=1S/C7H16O5.C6H10O4/c8-1-2-11-3-4-12-6-7(10)5-9;7-5(8)3-1-2-4-6(9)10/h7-10H,1-6H2;1-4H2,(H,7,8)(H,9,10). The molecule has 0 aliphatic carbocycles. The van der Waals surface area contributed by atoms with Crippen molar-refractivity contribution in [2.45, 2.75) is 31.8 Å². The van der Waals surface area contributed by atoms with Crippen molar-refractivity contribution in [2.24, 2.45) is 0 Å². The molecule has 0 spiro atoms. The molecule has 0 radical (unpaired) electrons. The molecule has 132 valence electrons. The first-order valence-electron chi connectivity index (χ1n) is 6.92. The van der Waals surface area contributed by atoms with Gasteiger partial charge in [0.1, 0.15) is 6.10 Å². The number of hydrogen-bond donors (Lipinski definition) is 5. The number of aliphatic carboxylic acids is 2. The van der Waals surface area contributed by atoms with E-state index in [-0.39, 0.29) is 32.7 Å². The Balaban J connectivity index is 0. The maximum Gasteiger partial charge on any atom is 0.303 e. The largest absolute Gasteiger partial charge is 0.481 e. The second-order valence-electron chi connectivity index (χ2n) is 4.24. The first-order chi connectivity index (χ1) is 10.4. The quantitative estimate of drug-likeness (QED) is 0.270. The summed E-state index contributed by atoms with van der Waals surface area (Å²) < 4.78 is 9.80. The highest BCUT2D eigenvalue weighted by atomic mass is 16.5. The van der Waals surface area contributed by atoms with Gasteiger partial charge in [-0.15, -0.1) is 0 Å². The molecule has 0 saturated heterocycles. The first kappa shape index (κ1) is 23.0. The summed E-state index contributed by atoms with van der Waals surface area (Å²) in [5, 5.41) is 41.8. The SMILES string of the molecule is O=C(O)CCCCC(=O)O.OCCOCCOCC(O)CO. The Bertz CT molecular complexity index is 254. The molecule has 0 aromatic rings. The number of ether oxygens (including phenoxy) is 2. The fourth-order valence-corrected chi connectivity index (χ4v) is 1.11. The minimum absolute atomic E-state index is 0.000729. The summed E-state index contributed by atoms with van der Waals surface area (Å²) in [5.41, 5.74) is 0. The molecule has 5 N–H and O–H groups in total. The fourth-order valence-electron chi connectivity index (χ4n) is 1.11. The highest BCUT2D eigenvalue weighted by Gasteiger charge is 2.00. The topological polar surface area (TPSA) is 154 Å². The Morgan fingerprint density at radius 1 is 0.864 bits per heavy atom. The average Bonchev–Trinajstić information content (AvgIpc) is 2.47. The molecule has 1 atom stereocenters. The van der Waals surface area contributed by atoms with Gasteiger partial charge in [0.25, 0.3) is 0 Å². The van der Waals surface area contributed by atoms with E-state index in [2.05, 4.69) is 0 Å². The van der Waals surface area contributed by atoms with Crippen molar-refractivity contribution in [3.8, 4) is 0 Å². The van der Waals surface area contributed by atoms with Crippen molar-refractivity contribution in [3.63, 3.8) is 0 Å². The van der Waals surface area contributed by atoms with Crippen LogP contribution in [0.4, 0.5) is 0 Å². The Hall–Kier alpha value is -1.26. The summed E-state index contributed by atoms with van der Waals surface area (Å²) in [5.74, 6) is -1.74. The van der Waals surface area contributed by atoms with Gasteiger partial charge in [-0.2, -0.15) is 0 Å². The van der Waals surface area contributed by atoms with Crippen molar-refractivity contribution >= 4 is 11.9 Å². The van der Waals surface area contributed by atoms with Crippen LogP contribution in [0.15, 0.2) is 0 Å². The number of carbonyl (C=O) groups is 2. The Morgan fingerprint density at radius 2 is 1.36 bits per heavy atom. The third kappa shape index (κ3) is 23.8. The molecule has 0 fully saturated rings. The van der Waals surface area contributed by atoms with E-state index in [0.29, 0.717) is 32.7 Å². The van der Waals surface area contributed by atoms with Crippen LogP contribution in [-0.4, -0.2) is 83.2 Å². The molecule has 1 unspecified atom stereocenters. The van der Waals surface area contributed by atoms with Gasteiger partial charge >= 0.3 is 11.9 Å². The van der Waals surface area contributed by atoms with Crippen LogP contribution in [0, 0.1) is 0 Å². The van der Waals surface area contributed by atoms with Crippen LogP contribution in [0.5, 0.6) is 0 Å². The Kier molecular flexibility index (Phi) is 18.6. The number of aliphatic hydroxyl groups excluding tert-OH is 3. The van der Waals surface area contributed by atoms with E-state index in [9.17, 15) is 9.59 Å². The van der Waals surface area contributed by atoms with Crippen molar-refractivity contribution in [1.82, 2.24) is 0 Å². The second kappa shape index (κ2) is 17.8. The molecule has 0 rings (SSSR count). The molecule has 0 heterocycles. The Labute approximate surface area is 129 Å². The van der Waals surface area contributed by atoms with Crippen molar-refractivity contribution < 1.29 is 44.6 Å². The molecule has 0 amide bonds. The first-order valence-corrected chi connectivity index (χ1v) is 6.92. The van der Waals surface area contributed by atoms with Gasteiger partial charge in [0.2, 0.25) is 0 Å². The zero-order valence-corrected chi connectivity index (χ0v) is 12.5. The number of carboxylic acid groups (broad SMARTS) is 2. The average molecular weight is 326 g/mol. The maximum atomic E-state index is 9.90. The van der Waals surface area contributed by atoms with E-state index in [1.54, 1.807) is 0 Å². The molecule has 0 bridgehead atoms. The normalized spacial score (nSPS) is 11.4. The number of rotatable bonds is 13.